The van der Waals surface area contributed by atoms with Crippen LogP contribution < -0.4 is 10.6 Å². The van der Waals surface area contributed by atoms with Gasteiger partial charge in [-0.05, 0) is 36.4 Å². The van der Waals surface area contributed by atoms with Gasteiger partial charge in [0.1, 0.15) is 0 Å². The van der Waals surface area contributed by atoms with E-state index in [4.69, 9.17) is 4.74 Å². The van der Waals surface area contributed by atoms with E-state index in [1.165, 1.54) is 0 Å². The van der Waals surface area contributed by atoms with E-state index >= 15 is 0 Å². The van der Waals surface area contributed by atoms with Crippen molar-refractivity contribution in [3.63, 3.8) is 0 Å². The Bertz CT molecular complexity index is 612. The number of ether oxygens (including phenoxy) is 1. The van der Waals surface area contributed by atoms with Gasteiger partial charge in [0.15, 0.2) is 0 Å². The molecule has 0 spiro atoms. The molecule has 0 bridgehead atoms. The molecule has 0 aliphatic carbocycles. The smallest absolute Gasteiger partial charge is 0.319 e. The minimum Gasteiger partial charge on any atom is -0.383 e. The summed E-state index contributed by atoms with van der Waals surface area (Å²) in [7, 11) is 1.59. The maximum absolute atomic E-state index is 11.6. The van der Waals surface area contributed by atoms with Crippen molar-refractivity contribution in [1.82, 2.24) is 5.32 Å². The van der Waals surface area contributed by atoms with E-state index in [2.05, 4.69) is 20.9 Å². The second-order valence-corrected chi connectivity index (χ2v) is 4.46. The molecule has 0 aliphatic heterocycles. The molecule has 2 aromatic rings. The number of carbonyl (C=O) groups is 1. The number of azo groups is 1. The third kappa shape index (κ3) is 5.34. The van der Waals surface area contributed by atoms with E-state index < -0.39 is 0 Å². The van der Waals surface area contributed by atoms with E-state index in [1.807, 2.05) is 30.3 Å². The fourth-order valence-electron chi connectivity index (χ4n) is 1.66. The van der Waals surface area contributed by atoms with Crippen LogP contribution in [0.2, 0.25) is 0 Å². The lowest BCUT2D eigenvalue weighted by molar-refractivity contribution is 0.198. The predicted octanol–water partition coefficient (Wildman–Crippen LogP) is 3.87. The molecular formula is C16H18N4O2. The molecule has 6 nitrogen and oxygen atoms in total. The fraction of sp³-hybridized carbons (Fsp3) is 0.188. The van der Waals surface area contributed by atoms with Crippen LogP contribution in [0.3, 0.4) is 0 Å². The minimum atomic E-state index is -0.268. The Hall–Kier alpha value is -2.73. The Kier molecular flexibility index (Phi) is 6.07. The minimum absolute atomic E-state index is 0.268. The second-order valence-electron chi connectivity index (χ2n) is 4.46. The number of carbonyl (C=O) groups excluding carboxylic acids is 1. The number of hydrogen-bond donors (Lipinski definition) is 2. The van der Waals surface area contributed by atoms with Crippen molar-refractivity contribution in [1.29, 1.82) is 0 Å². The number of urea groups is 1. The zero-order chi connectivity index (χ0) is 15.6. The molecule has 0 heterocycles. The van der Waals surface area contributed by atoms with Gasteiger partial charge in [-0.2, -0.15) is 10.2 Å². The molecule has 2 amide bonds. The van der Waals surface area contributed by atoms with Crippen molar-refractivity contribution in [3.05, 3.63) is 54.6 Å². The highest BCUT2D eigenvalue weighted by atomic mass is 16.5. The molecule has 6 heteroatoms. The van der Waals surface area contributed by atoms with Gasteiger partial charge >= 0.3 is 6.03 Å². The lowest BCUT2D eigenvalue weighted by atomic mass is 10.3. The van der Waals surface area contributed by atoms with Crippen molar-refractivity contribution in [2.24, 2.45) is 10.2 Å². The molecule has 2 rings (SSSR count). The van der Waals surface area contributed by atoms with E-state index in [0.29, 0.717) is 24.5 Å². The Morgan fingerprint density at radius 1 is 1.00 bits per heavy atom. The first kappa shape index (κ1) is 15.7. The van der Waals surface area contributed by atoms with Crippen LogP contribution in [-0.2, 0) is 4.74 Å². The van der Waals surface area contributed by atoms with Crippen LogP contribution in [0.1, 0.15) is 0 Å². The molecule has 2 N–H and O–H groups in total. The Labute approximate surface area is 129 Å². The number of amides is 2. The van der Waals surface area contributed by atoms with Gasteiger partial charge in [-0.25, -0.2) is 4.79 Å². The average molecular weight is 298 g/mol. The number of nitrogens with zero attached hydrogens (tertiary/aromatic N) is 2. The zero-order valence-electron chi connectivity index (χ0n) is 12.3. The molecule has 0 unspecified atom stereocenters. The molecule has 0 saturated carbocycles. The molecule has 0 aliphatic rings. The number of methoxy groups -OCH3 is 1. The highest BCUT2D eigenvalue weighted by Gasteiger charge is 2.00. The quantitative estimate of drug-likeness (QED) is 0.627. The molecule has 114 valence electrons. The van der Waals surface area contributed by atoms with E-state index in [1.54, 1.807) is 31.4 Å². The van der Waals surface area contributed by atoms with E-state index in [0.717, 1.165) is 5.69 Å². The molecule has 0 radical (unpaired) electrons. The summed E-state index contributed by atoms with van der Waals surface area (Å²) in [5.74, 6) is 0. The normalized spacial score (nSPS) is 10.6. The number of hydrogen-bond acceptors (Lipinski definition) is 4. The molecule has 0 fully saturated rings. The first-order valence-electron chi connectivity index (χ1n) is 6.88. The lowest BCUT2D eigenvalue weighted by Crippen LogP contribution is -2.31. The van der Waals surface area contributed by atoms with E-state index in [9.17, 15) is 4.79 Å². The third-order valence-corrected chi connectivity index (χ3v) is 2.75. The van der Waals surface area contributed by atoms with Crippen LogP contribution in [0, 0.1) is 0 Å². The summed E-state index contributed by atoms with van der Waals surface area (Å²) >= 11 is 0. The van der Waals surface area contributed by atoms with Gasteiger partial charge in [0.05, 0.1) is 18.0 Å². The van der Waals surface area contributed by atoms with Gasteiger partial charge in [0.2, 0.25) is 0 Å². The van der Waals surface area contributed by atoms with Gasteiger partial charge in [-0.3, -0.25) is 0 Å². The molecule has 2 aromatic carbocycles. The summed E-state index contributed by atoms with van der Waals surface area (Å²) in [5.41, 5.74) is 2.20. The van der Waals surface area contributed by atoms with Crippen molar-refractivity contribution < 1.29 is 9.53 Å². The van der Waals surface area contributed by atoms with Crippen molar-refractivity contribution in [2.45, 2.75) is 0 Å². The van der Waals surface area contributed by atoms with Crippen LogP contribution in [0.25, 0.3) is 0 Å². The van der Waals surface area contributed by atoms with Gasteiger partial charge in [0, 0.05) is 19.3 Å². The van der Waals surface area contributed by atoms with Crippen molar-refractivity contribution >= 4 is 23.1 Å². The zero-order valence-corrected chi connectivity index (χ0v) is 12.3. The van der Waals surface area contributed by atoms with Gasteiger partial charge < -0.3 is 15.4 Å². The Morgan fingerprint density at radius 3 is 2.27 bits per heavy atom. The Balaban J connectivity index is 1.87. The number of nitrogens with one attached hydrogen (secondary N) is 2. The second kappa shape index (κ2) is 8.53. The monoisotopic (exact) mass is 298 g/mol. The lowest BCUT2D eigenvalue weighted by Gasteiger charge is -2.07. The summed E-state index contributed by atoms with van der Waals surface area (Å²) in [6.07, 6.45) is 0. The van der Waals surface area contributed by atoms with Crippen LogP contribution in [0.15, 0.2) is 64.8 Å². The number of benzene rings is 2. The fourth-order valence-corrected chi connectivity index (χ4v) is 1.66. The third-order valence-electron chi connectivity index (χ3n) is 2.75. The highest BCUT2D eigenvalue weighted by Crippen LogP contribution is 2.19. The summed E-state index contributed by atoms with van der Waals surface area (Å²) < 4.78 is 4.86. The first-order chi connectivity index (χ1) is 10.8. The first-order valence-corrected chi connectivity index (χ1v) is 6.88. The van der Waals surface area contributed by atoms with Crippen LogP contribution >= 0.6 is 0 Å². The number of anilines is 1. The molecular weight excluding hydrogens is 280 g/mol. The maximum atomic E-state index is 11.6. The summed E-state index contributed by atoms with van der Waals surface area (Å²) in [6.45, 7) is 0.942. The molecule has 0 aromatic heterocycles. The van der Waals surface area contributed by atoms with Gasteiger partial charge in [-0.15, -0.1) is 0 Å². The van der Waals surface area contributed by atoms with Crippen molar-refractivity contribution in [2.75, 3.05) is 25.6 Å². The molecule has 22 heavy (non-hydrogen) atoms. The molecule has 0 atom stereocenters. The summed E-state index contributed by atoms with van der Waals surface area (Å²) in [5, 5.41) is 13.7. The van der Waals surface area contributed by atoms with Crippen LogP contribution in [-0.4, -0.2) is 26.3 Å². The van der Waals surface area contributed by atoms with Crippen LogP contribution in [0.4, 0.5) is 21.9 Å². The van der Waals surface area contributed by atoms with Crippen molar-refractivity contribution in [3.8, 4) is 0 Å². The largest absolute Gasteiger partial charge is 0.383 e. The van der Waals surface area contributed by atoms with Crippen LogP contribution in [0.5, 0.6) is 0 Å². The topological polar surface area (TPSA) is 75.1 Å². The predicted molar refractivity (Wildman–Crippen MR) is 86.0 cm³/mol. The van der Waals surface area contributed by atoms with E-state index in [-0.39, 0.29) is 6.03 Å². The van der Waals surface area contributed by atoms with Gasteiger partial charge in [-0.1, -0.05) is 18.2 Å². The standard InChI is InChI=1S/C16H18N4O2/c1-22-12-11-17-16(21)18-13-7-9-15(10-8-13)20-19-14-5-3-2-4-6-14/h2-10H,11-12H2,1H3,(H2,17,18,21). The van der Waals surface area contributed by atoms with Gasteiger partial charge in [0.25, 0.3) is 0 Å². The Morgan fingerprint density at radius 2 is 1.64 bits per heavy atom. The SMILES string of the molecule is COCCNC(=O)Nc1ccc(N=Nc2ccccc2)cc1. The molecule has 0 saturated heterocycles. The number of rotatable bonds is 6. The summed E-state index contributed by atoms with van der Waals surface area (Å²) in [6, 6.07) is 16.4. The average Bonchev–Trinajstić information content (AvgIpc) is 2.55. The highest BCUT2D eigenvalue weighted by molar-refractivity contribution is 5.89. The summed E-state index contributed by atoms with van der Waals surface area (Å²) in [4.78, 5) is 11.6. The maximum Gasteiger partial charge on any atom is 0.319 e.